The summed E-state index contributed by atoms with van der Waals surface area (Å²) in [7, 11) is 3.34. The van der Waals surface area contributed by atoms with E-state index in [-0.39, 0.29) is 5.91 Å². The highest BCUT2D eigenvalue weighted by molar-refractivity contribution is 8.26. The normalized spacial score (nSPS) is 15.4. The summed E-state index contributed by atoms with van der Waals surface area (Å²) in [5, 5.41) is 4.84. The lowest BCUT2D eigenvalue weighted by Gasteiger charge is -2.07. The highest BCUT2D eigenvalue weighted by Crippen LogP contribution is 2.35. The molecule has 0 saturated carbocycles. The van der Waals surface area contributed by atoms with E-state index in [0.29, 0.717) is 9.23 Å². The Balaban J connectivity index is 1.87. The molecule has 1 amide bonds. The molecular formula is C22H19N3O2S2. The van der Waals surface area contributed by atoms with Crippen LogP contribution in [0, 0.1) is 6.92 Å². The van der Waals surface area contributed by atoms with Gasteiger partial charge in [0.1, 0.15) is 15.8 Å². The molecule has 5 nitrogen and oxygen atoms in total. The molecule has 146 valence electrons. The van der Waals surface area contributed by atoms with E-state index in [1.54, 1.807) is 14.2 Å². The smallest absolute Gasteiger partial charge is 0.265 e. The first-order chi connectivity index (χ1) is 14.0. The molecule has 2 aromatic carbocycles. The lowest BCUT2D eigenvalue weighted by atomic mass is 10.0. The third-order valence-electron chi connectivity index (χ3n) is 4.73. The molecule has 0 bridgehead atoms. The maximum absolute atomic E-state index is 12.5. The zero-order chi connectivity index (χ0) is 20.5. The first-order valence-electron chi connectivity index (χ1n) is 8.99. The molecular weight excluding hydrogens is 402 g/mol. The van der Waals surface area contributed by atoms with Gasteiger partial charge in [-0.1, -0.05) is 42.2 Å². The summed E-state index contributed by atoms with van der Waals surface area (Å²) in [6.07, 6.45) is 3.81. The lowest BCUT2D eigenvalue weighted by molar-refractivity contribution is -0.121. The second kappa shape index (κ2) is 7.85. The van der Waals surface area contributed by atoms with Crippen molar-refractivity contribution in [3.63, 3.8) is 0 Å². The molecule has 1 aliphatic rings. The molecule has 0 aliphatic carbocycles. The van der Waals surface area contributed by atoms with Crippen molar-refractivity contribution in [3.8, 4) is 22.7 Å². The van der Waals surface area contributed by atoms with Crippen molar-refractivity contribution >= 4 is 40.3 Å². The molecule has 1 aliphatic heterocycles. The molecule has 0 atom stereocenters. The molecule has 3 aromatic rings. The fourth-order valence-corrected chi connectivity index (χ4v) is 4.30. The van der Waals surface area contributed by atoms with Gasteiger partial charge in [0.15, 0.2) is 0 Å². The predicted octanol–water partition coefficient (Wildman–Crippen LogP) is 4.69. The van der Waals surface area contributed by atoms with Crippen molar-refractivity contribution < 1.29 is 9.53 Å². The molecule has 29 heavy (non-hydrogen) atoms. The number of aromatic nitrogens is 2. The zero-order valence-corrected chi connectivity index (χ0v) is 17.9. The lowest BCUT2D eigenvalue weighted by Crippen LogP contribution is -2.22. The fraction of sp³-hybridized carbons (Fsp3) is 0.136. The van der Waals surface area contributed by atoms with E-state index in [1.165, 1.54) is 16.7 Å². The monoisotopic (exact) mass is 421 g/mol. The van der Waals surface area contributed by atoms with E-state index in [0.717, 1.165) is 33.8 Å². The number of amides is 1. The SMILES string of the molecule is COc1ccc(-c2nn(-c3ccccc3)cc2/C=C2\SC(=S)N(C)C2=O)c(C)c1. The molecule has 4 rings (SSSR count). The number of benzene rings is 2. The van der Waals surface area contributed by atoms with Crippen LogP contribution >= 0.6 is 24.0 Å². The van der Waals surface area contributed by atoms with Gasteiger partial charge in [0, 0.05) is 24.4 Å². The number of methoxy groups -OCH3 is 1. The number of thioether (sulfide) groups is 1. The summed E-state index contributed by atoms with van der Waals surface area (Å²) >= 11 is 6.57. The molecule has 7 heteroatoms. The van der Waals surface area contributed by atoms with E-state index in [2.05, 4.69) is 0 Å². The topological polar surface area (TPSA) is 47.4 Å². The third kappa shape index (κ3) is 3.71. The van der Waals surface area contributed by atoms with Crippen molar-refractivity contribution in [3.05, 3.63) is 70.8 Å². The van der Waals surface area contributed by atoms with Crippen LogP contribution in [0.15, 0.2) is 59.6 Å². The maximum Gasteiger partial charge on any atom is 0.265 e. The van der Waals surface area contributed by atoms with Crippen LogP contribution in [0.25, 0.3) is 23.0 Å². The summed E-state index contributed by atoms with van der Waals surface area (Å²) < 4.78 is 7.72. The molecule has 1 aromatic heterocycles. The minimum absolute atomic E-state index is 0.0927. The Labute approximate surface area is 179 Å². The molecule has 0 unspecified atom stereocenters. The average Bonchev–Trinajstić information content (AvgIpc) is 3.25. The van der Waals surface area contributed by atoms with Gasteiger partial charge < -0.3 is 4.74 Å². The van der Waals surface area contributed by atoms with E-state index < -0.39 is 0 Å². The Morgan fingerprint density at radius 3 is 2.55 bits per heavy atom. The molecule has 2 heterocycles. The Morgan fingerprint density at radius 1 is 1.17 bits per heavy atom. The van der Waals surface area contributed by atoms with Crippen molar-refractivity contribution in [1.82, 2.24) is 14.7 Å². The summed E-state index contributed by atoms with van der Waals surface area (Å²) in [4.78, 5) is 14.6. The van der Waals surface area contributed by atoms with Crippen molar-refractivity contribution in [2.45, 2.75) is 6.92 Å². The number of nitrogens with zero attached hydrogens (tertiary/aromatic N) is 3. The Hall–Kier alpha value is -2.90. The number of rotatable bonds is 4. The van der Waals surface area contributed by atoms with Crippen molar-refractivity contribution in [2.75, 3.05) is 14.2 Å². The zero-order valence-electron chi connectivity index (χ0n) is 16.2. The van der Waals surface area contributed by atoms with Gasteiger partial charge in [-0.3, -0.25) is 9.69 Å². The van der Waals surface area contributed by atoms with Gasteiger partial charge in [-0.05, 0) is 48.9 Å². The van der Waals surface area contributed by atoms with E-state index in [4.69, 9.17) is 22.1 Å². The van der Waals surface area contributed by atoms with Gasteiger partial charge in [-0.15, -0.1) is 0 Å². The number of likely N-dealkylation sites (N-methyl/N-ethyl adjacent to an activating group) is 1. The summed E-state index contributed by atoms with van der Waals surface area (Å²) in [6.45, 7) is 2.02. The van der Waals surface area contributed by atoms with E-state index in [1.807, 2.05) is 72.4 Å². The molecule has 1 saturated heterocycles. The van der Waals surface area contributed by atoms with Gasteiger partial charge in [0.2, 0.25) is 0 Å². The maximum atomic E-state index is 12.5. The highest BCUT2D eigenvalue weighted by Gasteiger charge is 2.29. The number of carbonyl (C=O) groups is 1. The largest absolute Gasteiger partial charge is 0.497 e. The quantitative estimate of drug-likeness (QED) is 0.452. The van der Waals surface area contributed by atoms with Crippen LogP contribution in [0.3, 0.4) is 0 Å². The number of carbonyl (C=O) groups excluding carboxylic acids is 1. The van der Waals surface area contributed by atoms with Crippen molar-refractivity contribution in [1.29, 1.82) is 0 Å². The number of ether oxygens (including phenoxy) is 1. The van der Waals surface area contributed by atoms with Crippen LogP contribution in [0.2, 0.25) is 0 Å². The number of hydrogen-bond acceptors (Lipinski definition) is 5. The van der Waals surface area contributed by atoms with Crippen LogP contribution in [-0.2, 0) is 4.79 Å². The standard InChI is InChI=1S/C22H19N3O2S2/c1-14-11-17(27-3)9-10-18(14)20-15(12-19-21(26)24(2)22(28)29-19)13-25(23-20)16-7-5-4-6-8-16/h4-13H,1-3H3/b19-12-. The minimum atomic E-state index is -0.0927. The molecule has 1 fully saturated rings. The van der Waals surface area contributed by atoms with Crippen LogP contribution in [-0.4, -0.2) is 39.1 Å². The third-order valence-corrected chi connectivity index (χ3v) is 6.21. The van der Waals surface area contributed by atoms with Crippen LogP contribution in [0.5, 0.6) is 5.75 Å². The van der Waals surface area contributed by atoms with Gasteiger partial charge in [0.25, 0.3) is 5.91 Å². The number of thiocarbonyl (C=S) groups is 1. The second-order valence-electron chi connectivity index (χ2n) is 6.63. The first-order valence-corrected chi connectivity index (χ1v) is 10.2. The number of para-hydroxylation sites is 1. The minimum Gasteiger partial charge on any atom is -0.497 e. The second-order valence-corrected chi connectivity index (χ2v) is 8.31. The number of hydrogen-bond donors (Lipinski definition) is 0. The summed E-state index contributed by atoms with van der Waals surface area (Å²) in [5.41, 5.74) is 4.63. The fourth-order valence-electron chi connectivity index (χ4n) is 3.13. The molecule has 0 spiro atoms. The average molecular weight is 422 g/mol. The Kier molecular flexibility index (Phi) is 5.25. The van der Waals surface area contributed by atoms with Crippen LogP contribution in [0.1, 0.15) is 11.1 Å². The van der Waals surface area contributed by atoms with Gasteiger partial charge in [0.05, 0.1) is 17.7 Å². The Morgan fingerprint density at radius 2 is 1.93 bits per heavy atom. The van der Waals surface area contributed by atoms with Crippen LogP contribution in [0.4, 0.5) is 0 Å². The van der Waals surface area contributed by atoms with Gasteiger partial charge in [-0.2, -0.15) is 5.10 Å². The van der Waals surface area contributed by atoms with Gasteiger partial charge >= 0.3 is 0 Å². The number of aryl methyl sites for hydroxylation is 1. The van der Waals surface area contributed by atoms with E-state index in [9.17, 15) is 4.79 Å². The highest BCUT2D eigenvalue weighted by atomic mass is 32.2. The summed E-state index contributed by atoms with van der Waals surface area (Å²) in [6, 6.07) is 15.8. The van der Waals surface area contributed by atoms with Gasteiger partial charge in [-0.25, -0.2) is 4.68 Å². The van der Waals surface area contributed by atoms with E-state index >= 15 is 0 Å². The first kappa shape index (κ1) is 19.4. The molecule has 0 N–H and O–H groups in total. The van der Waals surface area contributed by atoms with Crippen molar-refractivity contribution in [2.24, 2.45) is 0 Å². The Bertz CT molecular complexity index is 1140. The van der Waals surface area contributed by atoms with Crippen LogP contribution < -0.4 is 4.74 Å². The molecule has 0 radical (unpaired) electrons. The summed E-state index contributed by atoms with van der Waals surface area (Å²) in [5.74, 6) is 0.701. The predicted molar refractivity (Wildman–Crippen MR) is 121 cm³/mol.